The highest BCUT2D eigenvalue weighted by Crippen LogP contribution is 2.24. The van der Waals surface area contributed by atoms with Crippen molar-refractivity contribution < 1.29 is 27.9 Å². The lowest BCUT2D eigenvalue weighted by molar-refractivity contribution is -0.160. The molecular formula is C5H4F3NO3. The summed E-state index contributed by atoms with van der Waals surface area (Å²) in [6, 6.07) is -2.49. The molecule has 4 nitrogen and oxygen atoms in total. The van der Waals surface area contributed by atoms with Crippen molar-refractivity contribution in [2.24, 2.45) is 4.99 Å². The van der Waals surface area contributed by atoms with E-state index in [9.17, 15) is 22.8 Å². The summed E-state index contributed by atoms with van der Waals surface area (Å²) in [6.45, 7) is 0. The number of aliphatic carboxylic acids is 1. The quantitative estimate of drug-likeness (QED) is 0.518. The third-order valence-corrected chi connectivity index (χ3v) is 0.954. The highest BCUT2D eigenvalue weighted by molar-refractivity contribution is 5.67. The van der Waals surface area contributed by atoms with E-state index < -0.39 is 24.6 Å². The van der Waals surface area contributed by atoms with Crippen LogP contribution in [0.4, 0.5) is 13.2 Å². The Morgan fingerprint density at radius 2 is 2.08 bits per heavy atom. The van der Waals surface area contributed by atoms with Crippen LogP contribution in [0.25, 0.3) is 0 Å². The zero-order valence-electron chi connectivity index (χ0n) is 5.63. The van der Waals surface area contributed by atoms with Gasteiger partial charge < -0.3 is 5.11 Å². The number of halogens is 3. The highest BCUT2D eigenvalue weighted by Gasteiger charge is 2.41. The first-order chi connectivity index (χ1) is 5.38. The van der Waals surface area contributed by atoms with Crippen LogP contribution in [-0.4, -0.2) is 29.4 Å². The van der Waals surface area contributed by atoms with Crippen LogP contribution in [-0.2, 0) is 9.59 Å². The number of alkyl halides is 3. The zero-order valence-corrected chi connectivity index (χ0v) is 5.63. The molecule has 0 heterocycles. The fourth-order valence-electron chi connectivity index (χ4n) is 0.464. The molecule has 0 rings (SSSR count). The smallest absolute Gasteiger partial charge is 0.412 e. The third kappa shape index (κ3) is 3.72. The standard InChI is InChI=1S/C5H4F3NO3/c6-5(7,8)3(9-2-10)1-4(11)12/h3H,1H2,(H,11,12). The topological polar surface area (TPSA) is 66.7 Å². The van der Waals surface area contributed by atoms with Gasteiger partial charge in [-0.15, -0.1) is 0 Å². The van der Waals surface area contributed by atoms with Gasteiger partial charge in [0, 0.05) is 0 Å². The molecular weight excluding hydrogens is 179 g/mol. The molecule has 0 fully saturated rings. The minimum atomic E-state index is -4.81. The number of isocyanates is 1. The molecule has 1 unspecified atom stereocenters. The lowest BCUT2D eigenvalue weighted by Crippen LogP contribution is -2.29. The van der Waals surface area contributed by atoms with Crippen molar-refractivity contribution in [3.8, 4) is 0 Å². The number of aliphatic imine (C=N–C) groups is 1. The van der Waals surface area contributed by atoms with Gasteiger partial charge in [-0.1, -0.05) is 0 Å². The van der Waals surface area contributed by atoms with E-state index in [1.165, 1.54) is 0 Å². The summed E-state index contributed by atoms with van der Waals surface area (Å²) in [5, 5.41) is 7.98. The Labute approximate surface area is 64.7 Å². The molecule has 0 spiro atoms. The number of hydrogen-bond acceptors (Lipinski definition) is 3. The number of hydrogen-bond donors (Lipinski definition) is 1. The Kier molecular flexibility index (Phi) is 3.43. The first kappa shape index (κ1) is 10.6. The number of carboxylic acids is 1. The molecule has 68 valence electrons. The zero-order chi connectivity index (χ0) is 9.78. The average Bonchev–Trinajstić information content (AvgIpc) is 1.83. The van der Waals surface area contributed by atoms with Crippen LogP contribution in [0.5, 0.6) is 0 Å². The number of carbonyl (C=O) groups excluding carboxylic acids is 1. The summed E-state index contributed by atoms with van der Waals surface area (Å²) in [5.74, 6) is -1.67. The lowest BCUT2D eigenvalue weighted by Gasteiger charge is -2.11. The van der Waals surface area contributed by atoms with Crippen LogP contribution in [0, 0.1) is 0 Å². The molecule has 7 heteroatoms. The maximum absolute atomic E-state index is 11.7. The van der Waals surface area contributed by atoms with Gasteiger partial charge in [-0.25, -0.2) is 4.79 Å². The maximum Gasteiger partial charge on any atom is 0.412 e. The second kappa shape index (κ2) is 3.87. The number of carboxylic acid groups (broad SMARTS) is 1. The van der Waals surface area contributed by atoms with Gasteiger partial charge in [-0.2, -0.15) is 18.2 Å². The number of carbonyl (C=O) groups is 1. The molecule has 0 saturated heterocycles. The normalized spacial score (nSPS) is 13.2. The van der Waals surface area contributed by atoms with Crippen LogP contribution in [0.1, 0.15) is 6.42 Å². The largest absolute Gasteiger partial charge is 0.481 e. The molecule has 0 aliphatic carbocycles. The lowest BCUT2D eigenvalue weighted by atomic mass is 10.2. The fourth-order valence-corrected chi connectivity index (χ4v) is 0.464. The fraction of sp³-hybridized carbons (Fsp3) is 0.600. The molecule has 0 amide bonds. The predicted octanol–water partition coefficient (Wildman–Crippen LogP) is 0.728. The third-order valence-electron chi connectivity index (χ3n) is 0.954. The molecule has 0 aromatic heterocycles. The van der Waals surface area contributed by atoms with E-state index in [-0.39, 0.29) is 0 Å². The summed E-state index contributed by atoms with van der Waals surface area (Å²) >= 11 is 0. The van der Waals surface area contributed by atoms with Gasteiger partial charge in [0.25, 0.3) is 0 Å². The number of nitrogens with zero attached hydrogens (tertiary/aromatic N) is 1. The molecule has 0 radical (unpaired) electrons. The van der Waals surface area contributed by atoms with Gasteiger partial charge in [-0.3, -0.25) is 4.79 Å². The van der Waals surface area contributed by atoms with Crippen LogP contribution in [0.2, 0.25) is 0 Å². The highest BCUT2D eigenvalue weighted by atomic mass is 19.4. The van der Waals surface area contributed by atoms with Crippen molar-refractivity contribution in [1.82, 2.24) is 0 Å². The monoisotopic (exact) mass is 183 g/mol. The van der Waals surface area contributed by atoms with Crippen molar-refractivity contribution in [1.29, 1.82) is 0 Å². The van der Waals surface area contributed by atoms with E-state index in [0.29, 0.717) is 6.08 Å². The van der Waals surface area contributed by atoms with Gasteiger partial charge in [0.05, 0.1) is 6.42 Å². The van der Waals surface area contributed by atoms with E-state index in [1.54, 1.807) is 0 Å². The van der Waals surface area contributed by atoms with E-state index in [4.69, 9.17) is 5.11 Å². The first-order valence-corrected chi connectivity index (χ1v) is 2.73. The Bertz CT molecular complexity index is 218. The van der Waals surface area contributed by atoms with Crippen LogP contribution in [0.15, 0.2) is 4.99 Å². The SMILES string of the molecule is O=C=NC(CC(=O)O)C(F)(F)F. The van der Waals surface area contributed by atoms with E-state index >= 15 is 0 Å². The van der Waals surface area contributed by atoms with E-state index in [0.717, 1.165) is 0 Å². The summed E-state index contributed by atoms with van der Waals surface area (Å²) < 4.78 is 35.2. The molecule has 1 N–H and O–H groups in total. The molecule has 0 bridgehead atoms. The molecule has 12 heavy (non-hydrogen) atoms. The second-order valence-corrected chi connectivity index (χ2v) is 1.88. The van der Waals surface area contributed by atoms with E-state index in [1.807, 2.05) is 0 Å². The predicted molar refractivity (Wildman–Crippen MR) is 30.2 cm³/mol. The summed E-state index contributed by atoms with van der Waals surface area (Å²) in [4.78, 5) is 21.6. The van der Waals surface area contributed by atoms with Crippen molar-refractivity contribution in [2.75, 3.05) is 0 Å². The summed E-state index contributed by atoms with van der Waals surface area (Å²) in [5.41, 5.74) is 0. The Morgan fingerprint density at radius 1 is 1.58 bits per heavy atom. The summed E-state index contributed by atoms with van der Waals surface area (Å²) in [6.07, 6.45) is -5.39. The van der Waals surface area contributed by atoms with Crippen LogP contribution >= 0.6 is 0 Å². The van der Waals surface area contributed by atoms with Crippen LogP contribution < -0.4 is 0 Å². The average molecular weight is 183 g/mol. The van der Waals surface area contributed by atoms with Gasteiger partial charge in [0.15, 0.2) is 6.04 Å². The molecule has 0 aromatic carbocycles. The maximum atomic E-state index is 11.7. The molecule has 0 aliphatic heterocycles. The minimum absolute atomic E-state index is 0.671. The first-order valence-electron chi connectivity index (χ1n) is 2.73. The van der Waals surface area contributed by atoms with Crippen LogP contribution in [0.3, 0.4) is 0 Å². The van der Waals surface area contributed by atoms with Gasteiger partial charge >= 0.3 is 12.1 Å². The molecule has 0 aliphatic rings. The Morgan fingerprint density at radius 3 is 2.33 bits per heavy atom. The molecule has 0 saturated carbocycles. The van der Waals surface area contributed by atoms with Crippen molar-refractivity contribution in [3.63, 3.8) is 0 Å². The Balaban J connectivity index is 4.44. The van der Waals surface area contributed by atoms with Crippen molar-refractivity contribution in [3.05, 3.63) is 0 Å². The Hall–Kier alpha value is -1.36. The minimum Gasteiger partial charge on any atom is -0.481 e. The number of rotatable bonds is 3. The van der Waals surface area contributed by atoms with Gasteiger partial charge in [-0.05, 0) is 0 Å². The van der Waals surface area contributed by atoms with Gasteiger partial charge in [0.1, 0.15) is 0 Å². The summed E-state index contributed by atoms with van der Waals surface area (Å²) in [7, 11) is 0. The second-order valence-electron chi connectivity index (χ2n) is 1.88. The van der Waals surface area contributed by atoms with Crippen molar-refractivity contribution >= 4 is 12.0 Å². The molecule has 1 atom stereocenters. The van der Waals surface area contributed by atoms with Gasteiger partial charge in [0.2, 0.25) is 6.08 Å². The van der Waals surface area contributed by atoms with Crippen molar-refractivity contribution in [2.45, 2.75) is 18.6 Å². The van der Waals surface area contributed by atoms with E-state index in [2.05, 4.69) is 4.99 Å². The molecule has 0 aromatic rings.